The maximum Gasteiger partial charge on any atom is 0.170 e. The van der Waals surface area contributed by atoms with Crippen LogP contribution < -0.4 is 0 Å². The Balaban J connectivity index is 3.10. The third-order valence-corrected chi connectivity index (χ3v) is 3.68. The Morgan fingerprint density at radius 2 is 2.50 bits per heavy atom. The fraction of sp³-hybridized carbons (Fsp3) is 0.125. The molecule has 0 amide bonds. The quantitative estimate of drug-likeness (QED) is 0.461. The van der Waals surface area contributed by atoms with Gasteiger partial charge in [0.1, 0.15) is 0 Å². The Morgan fingerprint density at radius 1 is 1.83 bits per heavy atom. The number of carbonyl (C=O) groups is 1. The zero-order valence-electron chi connectivity index (χ0n) is 6.26. The lowest BCUT2D eigenvalue weighted by atomic mass is 10.3. The van der Waals surface area contributed by atoms with Crippen molar-refractivity contribution >= 4 is 44.8 Å². The number of terminal acetylenes is 1. The van der Waals surface area contributed by atoms with Crippen molar-refractivity contribution in [2.75, 3.05) is 0 Å². The number of hydrogen-bond acceptors (Lipinski definition) is 3. The number of thiophene rings is 1. The van der Waals surface area contributed by atoms with Gasteiger partial charge in [0.2, 0.25) is 0 Å². The third kappa shape index (κ3) is 2.13. The first-order valence-corrected chi connectivity index (χ1v) is 5.50. The van der Waals surface area contributed by atoms with Gasteiger partial charge < -0.3 is 0 Å². The van der Waals surface area contributed by atoms with Crippen LogP contribution in [-0.4, -0.2) is 5.78 Å². The van der Waals surface area contributed by atoms with Crippen molar-refractivity contribution in [3.63, 3.8) is 0 Å². The first-order valence-electron chi connectivity index (χ1n) is 3.08. The highest BCUT2D eigenvalue weighted by Crippen LogP contribution is 2.33. The smallest absolute Gasteiger partial charge is 0.170 e. The van der Waals surface area contributed by atoms with Gasteiger partial charge in [-0.15, -0.1) is 17.8 Å². The number of hydrogen-bond donors (Lipinski definition) is 0. The van der Waals surface area contributed by atoms with E-state index in [-0.39, 0.29) is 5.78 Å². The number of Topliss-reactive ketones (excluding diaryl/α,β-unsaturated/α-hetero) is 1. The minimum atomic E-state index is 0.0588. The van der Waals surface area contributed by atoms with Gasteiger partial charge in [-0.1, -0.05) is 0 Å². The second-order valence-electron chi connectivity index (χ2n) is 2.02. The molecule has 1 rings (SSSR count). The molecule has 1 aromatic heterocycles. The van der Waals surface area contributed by atoms with Crippen LogP contribution in [0.15, 0.2) is 14.7 Å². The molecule has 62 valence electrons. The zero-order chi connectivity index (χ0) is 9.14. The maximum absolute atomic E-state index is 11.1. The van der Waals surface area contributed by atoms with Gasteiger partial charge in [-0.3, -0.25) is 4.79 Å². The van der Waals surface area contributed by atoms with Crippen molar-refractivity contribution in [1.82, 2.24) is 0 Å². The Morgan fingerprint density at radius 3 is 3.00 bits per heavy atom. The Labute approximate surface area is 87.7 Å². The van der Waals surface area contributed by atoms with E-state index in [2.05, 4.69) is 21.2 Å². The fourth-order valence-electron chi connectivity index (χ4n) is 0.731. The van der Waals surface area contributed by atoms with Crippen molar-refractivity contribution in [1.29, 1.82) is 0 Å². The summed E-state index contributed by atoms with van der Waals surface area (Å²) in [5.41, 5.74) is 0. The van der Waals surface area contributed by atoms with E-state index in [1.165, 1.54) is 23.1 Å². The van der Waals surface area contributed by atoms with E-state index in [4.69, 9.17) is 6.42 Å². The number of rotatable bonds is 2. The van der Waals surface area contributed by atoms with Crippen LogP contribution in [0.25, 0.3) is 0 Å². The first kappa shape index (κ1) is 9.85. The van der Waals surface area contributed by atoms with Crippen LogP contribution >= 0.6 is 39.0 Å². The summed E-state index contributed by atoms with van der Waals surface area (Å²) in [5, 5.41) is 2.44. The first-order chi connectivity index (χ1) is 5.65. The van der Waals surface area contributed by atoms with Gasteiger partial charge in [-0.25, -0.2) is 0 Å². The van der Waals surface area contributed by atoms with E-state index >= 15 is 0 Å². The van der Waals surface area contributed by atoms with Gasteiger partial charge in [0.15, 0.2) is 5.78 Å². The highest BCUT2D eigenvalue weighted by molar-refractivity contribution is 9.11. The minimum absolute atomic E-state index is 0.0588. The van der Waals surface area contributed by atoms with Gasteiger partial charge in [0, 0.05) is 4.90 Å². The van der Waals surface area contributed by atoms with Crippen LogP contribution in [0.1, 0.15) is 16.6 Å². The zero-order valence-corrected chi connectivity index (χ0v) is 9.48. The Hall–Kier alpha value is -0.240. The number of halogens is 1. The van der Waals surface area contributed by atoms with Crippen LogP contribution in [0.4, 0.5) is 0 Å². The SMILES string of the molecule is C#CSc1cc(Br)sc1C(C)=O. The summed E-state index contributed by atoms with van der Waals surface area (Å²) in [7, 11) is 0. The highest BCUT2D eigenvalue weighted by atomic mass is 79.9. The molecular weight excluding hydrogens is 256 g/mol. The molecule has 1 aromatic rings. The summed E-state index contributed by atoms with van der Waals surface area (Å²) in [6.07, 6.45) is 5.13. The predicted molar refractivity (Wildman–Crippen MR) is 56.7 cm³/mol. The largest absolute Gasteiger partial charge is 0.294 e. The molecule has 0 bridgehead atoms. The molecule has 0 atom stereocenters. The summed E-state index contributed by atoms with van der Waals surface area (Å²) in [5.74, 6) is 0.0588. The molecule has 1 heterocycles. The monoisotopic (exact) mass is 260 g/mol. The van der Waals surface area contributed by atoms with Crippen LogP contribution in [0.3, 0.4) is 0 Å². The molecule has 0 saturated carbocycles. The molecule has 4 heteroatoms. The normalized spacial score (nSPS) is 9.42. The van der Waals surface area contributed by atoms with E-state index in [1.807, 2.05) is 6.07 Å². The molecule has 0 aliphatic rings. The molecule has 0 N–H and O–H groups in total. The number of thioether (sulfide) groups is 1. The summed E-state index contributed by atoms with van der Waals surface area (Å²) >= 11 is 5.96. The average Bonchev–Trinajstić information content (AvgIpc) is 2.32. The third-order valence-electron chi connectivity index (χ3n) is 1.16. The molecule has 0 aliphatic heterocycles. The van der Waals surface area contributed by atoms with Crippen LogP contribution in [0.5, 0.6) is 0 Å². The summed E-state index contributed by atoms with van der Waals surface area (Å²) in [4.78, 5) is 12.7. The van der Waals surface area contributed by atoms with Gasteiger partial charge in [-0.05, 0) is 45.9 Å². The van der Waals surface area contributed by atoms with E-state index in [1.54, 1.807) is 6.92 Å². The van der Waals surface area contributed by atoms with Gasteiger partial charge in [0.05, 0.1) is 8.66 Å². The Kier molecular flexibility index (Phi) is 3.39. The average molecular weight is 261 g/mol. The maximum atomic E-state index is 11.1. The molecular formula is C8H5BrOS2. The molecule has 0 aliphatic carbocycles. The summed E-state index contributed by atoms with van der Waals surface area (Å²) in [6, 6.07) is 1.87. The molecule has 0 aromatic carbocycles. The number of ketones is 1. The van der Waals surface area contributed by atoms with Crippen LogP contribution in [0, 0.1) is 11.7 Å². The molecule has 0 radical (unpaired) electrons. The van der Waals surface area contributed by atoms with E-state index < -0.39 is 0 Å². The van der Waals surface area contributed by atoms with Gasteiger partial charge in [0.25, 0.3) is 0 Å². The topological polar surface area (TPSA) is 17.1 Å². The second kappa shape index (κ2) is 4.13. The molecule has 0 saturated heterocycles. The van der Waals surface area contributed by atoms with E-state index in [0.29, 0.717) is 0 Å². The lowest BCUT2D eigenvalue weighted by Gasteiger charge is -1.91. The predicted octanol–water partition coefficient (Wildman–Crippen LogP) is 3.40. The minimum Gasteiger partial charge on any atom is -0.294 e. The van der Waals surface area contributed by atoms with E-state index in [9.17, 15) is 4.79 Å². The van der Waals surface area contributed by atoms with Crippen LogP contribution in [-0.2, 0) is 0 Å². The lowest BCUT2D eigenvalue weighted by Crippen LogP contribution is -1.87. The van der Waals surface area contributed by atoms with Crippen molar-refractivity contribution < 1.29 is 4.79 Å². The molecule has 0 spiro atoms. The lowest BCUT2D eigenvalue weighted by molar-refractivity contribution is 0.101. The van der Waals surface area contributed by atoms with Crippen LogP contribution in [0.2, 0.25) is 0 Å². The van der Waals surface area contributed by atoms with Crippen molar-refractivity contribution in [3.8, 4) is 11.7 Å². The van der Waals surface area contributed by atoms with Gasteiger partial charge in [-0.2, -0.15) is 0 Å². The standard InChI is InChI=1S/C8H5BrOS2/c1-3-11-6-4-7(9)12-8(6)5(2)10/h1,4H,2H3. The molecule has 0 fully saturated rings. The molecule has 0 unspecified atom stereocenters. The summed E-state index contributed by atoms with van der Waals surface area (Å²) < 4.78 is 0.936. The fourth-order valence-corrected chi connectivity index (χ4v) is 3.14. The Bertz CT molecular complexity index is 348. The number of carbonyl (C=O) groups excluding carboxylic acids is 1. The van der Waals surface area contributed by atoms with Crippen molar-refractivity contribution in [2.24, 2.45) is 0 Å². The molecule has 12 heavy (non-hydrogen) atoms. The second-order valence-corrected chi connectivity index (χ2v) is 5.33. The highest BCUT2D eigenvalue weighted by Gasteiger charge is 2.11. The van der Waals surface area contributed by atoms with E-state index in [0.717, 1.165) is 13.6 Å². The van der Waals surface area contributed by atoms with Gasteiger partial charge >= 0.3 is 0 Å². The molecule has 1 nitrogen and oxygen atoms in total. The van der Waals surface area contributed by atoms with Crippen molar-refractivity contribution in [3.05, 3.63) is 14.7 Å². The van der Waals surface area contributed by atoms with Crippen molar-refractivity contribution in [2.45, 2.75) is 11.8 Å². The summed E-state index contributed by atoms with van der Waals surface area (Å²) in [6.45, 7) is 1.54.